The molecule has 1 aromatic heterocycles. The minimum atomic E-state index is 0.354. The van der Waals surface area contributed by atoms with Gasteiger partial charge in [0.2, 0.25) is 0 Å². The molecule has 1 aromatic rings. The number of anilines is 1. The monoisotopic (exact) mass is 220 g/mol. The van der Waals surface area contributed by atoms with E-state index in [0.717, 1.165) is 30.4 Å². The summed E-state index contributed by atoms with van der Waals surface area (Å²) in [5.74, 6) is 2.31. The zero-order valence-corrected chi connectivity index (χ0v) is 10.1. The first kappa shape index (κ1) is 11.3. The standard InChI is InChI=1S/C12H20N4/c1-9(2)12-14-10(8-13)7-11(15-12)16-5-3-4-6-16/h7,9H,3-6,8,13H2,1-2H3. The molecule has 0 bridgehead atoms. The normalized spacial score (nSPS) is 16.1. The van der Waals surface area contributed by atoms with Crippen molar-refractivity contribution in [3.05, 3.63) is 17.6 Å². The first-order valence-corrected chi connectivity index (χ1v) is 6.03. The molecule has 2 rings (SSSR count). The van der Waals surface area contributed by atoms with Crippen molar-refractivity contribution in [3.8, 4) is 0 Å². The van der Waals surface area contributed by atoms with Gasteiger partial charge < -0.3 is 10.6 Å². The molecule has 2 heterocycles. The van der Waals surface area contributed by atoms with Crippen molar-refractivity contribution in [2.45, 2.75) is 39.2 Å². The van der Waals surface area contributed by atoms with Crippen LogP contribution in [0.1, 0.15) is 44.1 Å². The molecule has 1 aliphatic rings. The quantitative estimate of drug-likeness (QED) is 0.841. The summed E-state index contributed by atoms with van der Waals surface area (Å²) in [5, 5.41) is 0. The Morgan fingerprint density at radius 3 is 2.56 bits per heavy atom. The fourth-order valence-corrected chi connectivity index (χ4v) is 1.97. The lowest BCUT2D eigenvalue weighted by Crippen LogP contribution is -2.21. The van der Waals surface area contributed by atoms with Gasteiger partial charge in [-0.1, -0.05) is 13.8 Å². The molecule has 1 saturated heterocycles. The van der Waals surface area contributed by atoms with Gasteiger partial charge in [-0.2, -0.15) is 0 Å². The summed E-state index contributed by atoms with van der Waals surface area (Å²) in [4.78, 5) is 11.4. The minimum absolute atomic E-state index is 0.354. The summed E-state index contributed by atoms with van der Waals surface area (Å²) in [5.41, 5.74) is 6.62. The third kappa shape index (κ3) is 2.32. The van der Waals surface area contributed by atoms with Gasteiger partial charge >= 0.3 is 0 Å². The maximum Gasteiger partial charge on any atom is 0.133 e. The SMILES string of the molecule is CC(C)c1nc(CN)cc(N2CCCC2)n1. The Morgan fingerprint density at radius 2 is 2.00 bits per heavy atom. The van der Waals surface area contributed by atoms with E-state index < -0.39 is 0 Å². The molecule has 0 unspecified atom stereocenters. The lowest BCUT2D eigenvalue weighted by Gasteiger charge is -2.18. The first-order chi connectivity index (χ1) is 7.70. The zero-order valence-electron chi connectivity index (χ0n) is 10.1. The van der Waals surface area contributed by atoms with Crippen LogP contribution in [-0.2, 0) is 6.54 Å². The lowest BCUT2D eigenvalue weighted by molar-refractivity contribution is 0.747. The smallest absolute Gasteiger partial charge is 0.133 e. The van der Waals surface area contributed by atoms with Gasteiger partial charge in [-0.05, 0) is 12.8 Å². The maximum atomic E-state index is 5.68. The van der Waals surface area contributed by atoms with E-state index in [0.29, 0.717) is 12.5 Å². The van der Waals surface area contributed by atoms with Gasteiger partial charge in [-0.25, -0.2) is 9.97 Å². The fourth-order valence-electron chi connectivity index (χ4n) is 1.97. The molecule has 2 N–H and O–H groups in total. The van der Waals surface area contributed by atoms with Crippen LogP contribution in [0.4, 0.5) is 5.82 Å². The molecule has 4 nitrogen and oxygen atoms in total. The molecule has 16 heavy (non-hydrogen) atoms. The third-order valence-corrected chi connectivity index (χ3v) is 2.94. The van der Waals surface area contributed by atoms with Crippen LogP contribution < -0.4 is 10.6 Å². The van der Waals surface area contributed by atoms with Crippen molar-refractivity contribution in [1.29, 1.82) is 0 Å². The fraction of sp³-hybridized carbons (Fsp3) is 0.667. The van der Waals surface area contributed by atoms with Gasteiger partial charge in [0.1, 0.15) is 11.6 Å². The summed E-state index contributed by atoms with van der Waals surface area (Å²) in [6.07, 6.45) is 2.53. The van der Waals surface area contributed by atoms with Crippen LogP contribution in [0.25, 0.3) is 0 Å². The van der Waals surface area contributed by atoms with E-state index in [2.05, 4.69) is 28.7 Å². The van der Waals surface area contributed by atoms with E-state index in [4.69, 9.17) is 5.73 Å². The summed E-state index contributed by atoms with van der Waals surface area (Å²) < 4.78 is 0. The van der Waals surface area contributed by atoms with Crippen molar-refractivity contribution in [3.63, 3.8) is 0 Å². The third-order valence-electron chi connectivity index (χ3n) is 2.94. The summed E-state index contributed by atoms with van der Waals surface area (Å²) in [6.45, 7) is 6.94. The molecule has 1 aliphatic heterocycles. The number of aromatic nitrogens is 2. The van der Waals surface area contributed by atoms with Crippen LogP contribution in [0.2, 0.25) is 0 Å². The topological polar surface area (TPSA) is 55.0 Å². The molecule has 0 spiro atoms. The minimum Gasteiger partial charge on any atom is -0.357 e. The molecule has 0 radical (unpaired) electrons. The van der Waals surface area contributed by atoms with Crippen LogP contribution in [0.15, 0.2) is 6.07 Å². The summed E-state index contributed by atoms with van der Waals surface area (Å²) >= 11 is 0. The van der Waals surface area contributed by atoms with Gasteiger partial charge in [-0.15, -0.1) is 0 Å². The highest BCUT2D eigenvalue weighted by Gasteiger charge is 2.16. The number of hydrogen-bond donors (Lipinski definition) is 1. The van der Waals surface area contributed by atoms with Gasteiger partial charge in [0.25, 0.3) is 0 Å². The van der Waals surface area contributed by atoms with E-state index in [1.54, 1.807) is 0 Å². The van der Waals surface area contributed by atoms with E-state index in [9.17, 15) is 0 Å². The second-order valence-electron chi connectivity index (χ2n) is 4.63. The van der Waals surface area contributed by atoms with Crippen LogP contribution in [0.5, 0.6) is 0 Å². The number of hydrogen-bond acceptors (Lipinski definition) is 4. The Balaban J connectivity index is 2.32. The maximum absolute atomic E-state index is 5.68. The molecule has 0 amide bonds. The molecule has 88 valence electrons. The predicted molar refractivity (Wildman–Crippen MR) is 65.5 cm³/mol. The molecule has 0 aromatic carbocycles. The van der Waals surface area contributed by atoms with E-state index in [1.165, 1.54) is 12.8 Å². The van der Waals surface area contributed by atoms with Crippen molar-refractivity contribution in [2.24, 2.45) is 5.73 Å². The van der Waals surface area contributed by atoms with Gasteiger partial charge in [0.15, 0.2) is 0 Å². The number of nitrogens with zero attached hydrogens (tertiary/aromatic N) is 3. The highest BCUT2D eigenvalue weighted by Crippen LogP contribution is 2.20. The van der Waals surface area contributed by atoms with E-state index in [-0.39, 0.29) is 0 Å². The van der Waals surface area contributed by atoms with E-state index >= 15 is 0 Å². The van der Waals surface area contributed by atoms with Crippen molar-refractivity contribution in [2.75, 3.05) is 18.0 Å². The summed E-state index contributed by atoms with van der Waals surface area (Å²) in [6, 6.07) is 2.02. The average Bonchev–Trinajstić information content (AvgIpc) is 2.81. The molecular formula is C12H20N4. The molecule has 0 atom stereocenters. The second-order valence-corrected chi connectivity index (χ2v) is 4.63. The lowest BCUT2D eigenvalue weighted by atomic mass is 10.2. The summed E-state index contributed by atoms with van der Waals surface area (Å²) in [7, 11) is 0. The van der Waals surface area contributed by atoms with Crippen LogP contribution in [0.3, 0.4) is 0 Å². The second kappa shape index (κ2) is 4.78. The van der Waals surface area contributed by atoms with Crippen LogP contribution in [0, 0.1) is 0 Å². The molecule has 1 fully saturated rings. The van der Waals surface area contributed by atoms with Gasteiger partial charge in [0, 0.05) is 31.6 Å². The Kier molecular flexibility index (Phi) is 3.39. The number of rotatable bonds is 3. The Labute approximate surface area is 96.9 Å². The van der Waals surface area contributed by atoms with Crippen LogP contribution >= 0.6 is 0 Å². The molecule has 0 saturated carbocycles. The van der Waals surface area contributed by atoms with E-state index in [1.807, 2.05) is 6.07 Å². The highest BCUT2D eigenvalue weighted by molar-refractivity contribution is 5.41. The van der Waals surface area contributed by atoms with Crippen molar-refractivity contribution in [1.82, 2.24) is 9.97 Å². The number of nitrogens with two attached hydrogens (primary N) is 1. The zero-order chi connectivity index (χ0) is 11.5. The van der Waals surface area contributed by atoms with Crippen molar-refractivity contribution >= 4 is 5.82 Å². The Bertz CT molecular complexity index is 356. The highest BCUT2D eigenvalue weighted by atomic mass is 15.2. The predicted octanol–water partition coefficient (Wildman–Crippen LogP) is 1.66. The van der Waals surface area contributed by atoms with Gasteiger partial charge in [0.05, 0.1) is 5.69 Å². The first-order valence-electron chi connectivity index (χ1n) is 6.03. The largest absolute Gasteiger partial charge is 0.357 e. The molecular weight excluding hydrogens is 200 g/mol. The average molecular weight is 220 g/mol. The molecule has 4 heteroatoms. The van der Waals surface area contributed by atoms with Crippen LogP contribution in [-0.4, -0.2) is 23.1 Å². The molecule has 0 aliphatic carbocycles. The Morgan fingerprint density at radius 1 is 1.31 bits per heavy atom. The van der Waals surface area contributed by atoms with Gasteiger partial charge in [-0.3, -0.25) is 0 Å². The van der Waals surface area contributed by atoms with Crippen molar-refractivity contribution < 1.29 is 0 Å². The Hall–Kier alpha value is -1.16.